The van der Waals surface area contributed by atoms with Crippen LogP contribution in [0.3, 0.4) is 0 Å². The summed E-state index contributed by atoms with van der Waals surface area (Å²) >= 11 is 0. The fourth-order valence-corrected chi connectivity index (χ4v) is 5.39. The molecule has 0 saturated carbocycles. The quantitative estimate of drug-likeness (QED) is 0.712. The molecule has 0 spiro atoms. The molecule has 3 aromatic carbocycles. The van der Waals surface area contributed by atoms with E-state index >= 15 is 0 Å². The average molecular weight is 396 g/mol. The molecule has 144 valence electrons. The van der Waals surface area contributed by atoms with E-state index in [1.165, 1.54) is 4.31 Å². The van der Waals surface area contributed by atoms with Crippen molar-refractivity contribution in [2.24, 2.45) is 0 Å². The SMILES string of the molecule is CCOc1cccc(NC(=O)[C@H](C)N2c3cccc4cccc(c34)S2(=O)=O)c1. The van der Waals surface area contributed by atoms with Gasteiger partial charge in [-0.1, -0.05) is 30.3 Å². The molecule has 0 aliphatic carbocycles. The van der Waals surface area contributed by atoms with Gasteiger partial charge >= 0.3 is 0 Å². The van der Waals surface area contributed by atoms with E-state index in [4.69, 9.17) is 4.74 Å². The van der Waals surface area contributed by atoms with Crippen LogP contribution in [0, 0.1) is 0 Å². The largest absolute Gasteiger partial charge is 0.494 e. The van der Waals surface area contributed by atoms with Crippen molar-refractivity contribution >= 4 is 38.1 Å². The van der Waals surface area contributed by atoms with Crippen LogP contribution >= 0.6 is 0 Å². The second kappa shape index (κ2) is 6.83. The van der Waals surface area contributed by atoms with Crippen LogP contribution in [0.1, 0.15) is 13.8 Å². The summed E-state index contributed by atoms with van der Waals surface area (Å²) in [5.74, 6) is 0.223. The Kier molecular flexibility index (Phi) is 4.47. The van der Waals surface area contributed by atoms with Crippen LogP contribution in [0.25, 0.3) is 10.8 Å². The number of anilines is 2. The smallest absolute Gasteiger partial charge is 0.265 e. The molecule has 1 heterocycles. The summed E-state index contributed by atoms with van der Waals surface area (Å²) in [5.41, 5.74) is 1.08. The molecular weight excluding hydrogens is 376 g/mol. The molecule has 0 radical (unpaired) electrons. The van der Waals surface area contributed by atoms with Gasteiger partial charge in [0.25, 0.3) is 10.0 Å². The lowest BCUT2D eigenvalue weighted by molar-refractivity contribution is -0.116. The van der Waals surface area contributed by atoms with Crippen LogP contribution in [-0.2, 0) is 14.8 Å². The van der Waals surface area contributed by atoms with Crippen LogP contribution in [0.2, 0.25) is 0 Å². The maximum atomic E-state index is 13.1. The number of nitrogens with one attached hydrogen (secondary N) is 1. The molecule has 1 aliphatic heterocycles. The van der Waals surface area contributed by atoms with E-state index in [0.29, 0.717) is 29.1 Å². The lowest BCUT2D eigenvalue weighted by atomic mass is 10.1. The predicted octanol–water partition coefficient (Wildman–Crippen LogP) is 3.77. The summed E-state index contributed by atoms with van der Waals surface area (Å²) in [4.78, 5) is 13.1. The third-order valence-electron chi connectivity index (χ3n) is 4.76. The molecule has 0 saturated heterocycles. The summed E-state index contributed by atoms with van der Waals surface area (Å²) in [7, 11) is -3.80. The maximum absolute atomic E-state index is 13.1. The number of carbonyl (C=O) groups is 1. The Labute approximate surface area is 163 Å². The second-order valence-electron chi connectivity index (χ2n) is 6.56. The van der Waals surface area contributed by atoms with Crippen molar-refractivity contribution in [3.63, 3.8) is 0 Å². The van der Waals surface area contributed by atoms with Gasteiger partial charge in [0.05, 0.1) is 17.2 Å². The Hall–Kier alpha value is -3.06. The summed E-state index contributed by atoms with van der Waals surface area (Å²) in [6, 6.07) is 16.7. The molecule has 0 aromatic heterocycles. The number of amides is 1. The Morgan fingerprint density at radius 2 is 1.82 bits per heavy atom. The molecular formula is C21H20N2O4S. The van der Waals surface area contributed by atoms with Gasteiger partial charge in [-0.3, -0.25) is 9.10 Å². The molecule has 1 atom stereocenters. The van der Waals surface area contributed by atoms with E-state index in [1.807, 2.05) is 19.1 Å². The Balaban J connectivity index is 1.67. The van der Waals surface area contributed by atoms with Crippen LogP contribution in [0.5, 0.6) is 5.75 Å². The highest BCUT2D eigenvalue weighted by Crippen LogP contribution is 2.43. The summed E-state index contributed by atoms with van der Waals surface area (Å²) < 4.78 is 32.9. The number of hydrogen-bond acceptors (Lipinski definition) is 4. The molecule has 0 unspecified atom stereocenters. The minimum absolute atomic E-state index is 0.235. The first-order chi connectivity index (χ1) is 13.4. The van der Waals surface area contributed by atoms with E-state index < -0.39 is 22.0 Å². The minimum Gasteiger partial charge on any atom is -0.494 e. The standard InChI is InChI=1S/C21H20N2O4S/c1-3-27-17-10-6-9-16(13-17)22-21(24)14(2)23-18-11-4-7-15-8-5-12-19(20(15)18)28(23,25)26/h4-14H,3H2,1-2H3,(H,22,24)/t14-/m0/s1. The molecule has 1 amide bonds. The molecule has 0 bridgehead atoms. The topological polar surface area (TPSA) is 75.7 Å². The second-order valence-corrected chi connectivity index (χ2v) is 8.34. The van der Waals surface area contributed by atoms with Gasteiger partial charge in [-0.2, -0.15) is 0 Å². The molecule has 0 fully saturated rings. The molecule has 4 rings (SSSR count). The van der Waals surface area contributed by atoms with Crippen molar-refractivity contribution in [1.29, 1.82) is 0 Å². The zero-order valence-corrected chi connectivity index (χ0v) is 16.4. The molecule has 7 heteroatoms. The van der Waals surface area contributed by atoms with Crippen LogP contribution in [0.15, 0.2) is 65.6 Å². The number of carbonyl (C=O) groups excluding carboxylic acids is 1. The number of nitrogens with zero attached hydrogens (tertiary/aromatic N) is 1. The highest BCUT2D eigenvalue weighted by molar-refractivity contribution is 7.93. The zero-order chi connectivity index (χ0) is 19.9. The van der Waals surface area contributed by atoms with Crippen molar-refractivity contribution in [3.8, 4) is 5.75 Å². The minimum atomic E-state index is -3.80. The Morgan fingerprint density at radius 1 is 1.11 bits per heavy atom. The molecule has 1 N–H and O–H groups in total. The van der Waals surface area contributed by atoms with Gasteiger partial charge in [-0.05, 0) is 43.5 Å². The zero-order valence-electron chi connectivity index (χ0n) is 15.5. The van der Waals surface area contributed by atoms with Gasteiger partial charge < -0.3 is 10.1 Å². The number of benzene rings is 3. The Morgan fingerprint density at radius 3 is 2.57 bits per heavy atom. The molecule has 28 heavy (non-hydrogen) atoms. The summed E-state index contributed by atoms with van der Waals surface area (Å²) in [6.07, 6.45) is 0. The highest BCUT2D eigenvalue weighted by Gasteiger charge is 2.40. The summed E-state index contributed by atoms with van der Waals surface area (Å²) in [5, 5.41) is 4.28. The Bertz CT molecular complexity index is 1170. The molecule has 1 aliphatic rings. The maximum Gasteiger partial charge on any atom is 0.265 e. The van der Waals surface area contributed by atoms with Crippen molar-refractivity contribution in [2.45, 2.75) is 24.8 Å². The van der Waals surface area contributed by atoms with E-state index in [0.717, 1.165) is 5.39 Å². The van der Waals surface area contributed by atoms with Gasteiger partial charge in [-0.15, -0.1) is 0 Å². The van der Waals surface area contributed by atoms with Gasteiger partial charge in [0.1, 0.15) is 11.8 Å². The fourth-order valence-electron chi connectivity index (χ4n) is 3.52. The first kappa shape index (κ1) is 18.3. The van der Waals surface area contributed by atoms with E-state index in [1.54, 1.807) is 55.5 Å². The first-order valence-electron chi connectivity index (χ1n) is 9.03. The highest BCUT2D eigenvalue weighted by atomic mass is 32.2. The van der Waals surface area contributed by atoms with Crippen molar-refractivity contribution < 1.29 is 17.9 Å². The lowest BCUT2D eigenvalue weighted by Crippen LogP contribution is -2.43. The lowest BCUT2D eigenvalue weighted by Gasteiger charge is -2.25. The van der Waals surface area contributed by atoms with Gasteiger partial charge in [0.2, 0.25) is 5.91 Å². The van der Waals surface area contributed by atoms with Gasteiger partial charge in [-0.25, -0.2) is 8.42 Å². The fraction of sp³-hybridized carbons (Fsp3) is 0.190. The van der Waals surface area contributed by atoms with E-state index in [2.05, 4.69) is 5.32 Å². The van der Waals surface area contributed by atoms with Crippen LogP contribution < -0.4 is 14.4 Å². The number of sulfonamides is 1. The van der Waals surface area contributed by atoms with Crippen LogP contribution in [-0.4, -0.2) is 27.0 Å². The third-order valence-corrected chi connectivity index (χ3v) is 6.69. The van der Waals surface area contributed by atoms with E-state index in [-0.39, 0.29) is 4.90 Å². The monoisotopic (exact) mass is 396 g/mol. The van der Waals surface area contributed by atoms with Gasteiger partial charge in [0.15, 0.2) is 0 Å². The van der Waals surface area contributed by atoms with Crippen molar-refractivity contribution in [3.05, 3.63) is 60.7 Å². The first-order valence-corrected chi connectivity index (χ1v) is 10.5. The molecule has 3 aromatic rings. The number of ether oxygens (including phenoxy) is 1. The predicted molar refractivity (Wildman–Crippen MR) is 109 cm³/mol. The number of hydrogen-bond donors (Lipinski definition) is 1. The van der Waals surface area contributed by atoms with E-state index in [9.17, 15) is 13.2 Å². The number of rotatable bonds is 5. The van der Waals surface area contributed by atoms with Crippen LogP contribution in [0.4, 0.5) is 11.4 Å². The average Bonchev–Trinajstić information content (AvgIpc) is 2.91. The normalized spacial score (nSPS) is 15.4. The third kappa shape index (κ3) is 2.88. The van der Waals surface area contributed by atoms with Gasteiger partial charge in [0, 0.05) is 17.1 Å². The molecule has 6 nitrogen and oxygen atoms in total. The van der Waals surface area contributed by atoms with Crippen molar-refractivity contribution in [1.82, 2.24) is 0 Å². The van der Waals surface area contributed by atoms with Crippen molar-refractivity contribution in [2.75, 3.05) is 16.2 Å². The summed E-state index contributed by atoms with van der Waals surface area (Å²) in [6.45, 7) is 3.98.